The number of Topliss-reactive ketones (excluding diaryl/α,β-unsaturated/α-hetero) is 1. The third-order valence-corrected chi connectivity index (χ3v) is 5.93. The van der Waals surface area contributed by atoms with Crippen molar-refractivity contribution in [3.63, 3.8) is 0 Å². The molecule has 3 aromatic rings. The van der Waals surface area contributed by atoms with Crippen LogP contribution in [0.1, 0.15) is 30.4 Å². The quantitative estimate of drug-likeness (QED) is 0.267. The number of nitrogen functional groups attached to an aromatic ring is 1. The molecule has 2 heterocycles. The van der Waals surface area contributed by atoms with E-state index in [9.17, 15) is 9.59 Å². The van der Waals surface area contributed by atoms with Crippen LogP contribution < -0.4 is 11.3 Å². The molecule has 0 spiro atoms. The van der Waals surface area contributed by atoms with Crippen LogP contribution in [0.25, 0.3) is 10.9 Å². The molecule has 1 aromatic heterocycles. The summed E-state index contributed by atoms with van der Waals surface area (Å²) in [6.07, 6.45) is 2.32. The maximum Gasteiger partial charge on any atom is 0.259 e. The monoisotopic (exact) mass is 406 g/mol. The van der Waals surface area contributed by atoms with E-state index in [4.69, 9.17) is 5.73 Å². The Balaban J connectivity index is 1.27. The molecule has 1 aliphatic heterocycles. The topological polar surface area (TPSA) is 101 Å². The first kappa shape index (κ1) is 19.4. The summed E-state index contributed by atoms with van der Waals surface area (Å²) in [5.41, 5.74) is 11.2. The number of benzene rings is 2. The fourth-order valence-electron chi connectivity index (χ4n) is 3.44. The number of rotatable bonds is 7. The summed E-state index contributed by atoms with van der Waals surface area (Å²) in [4.78, 5) is 36.3. The van der Waals surface area contributed by atoms with E-state index in [1.165, 1.54) is 11.8 Å². The van der Waals surface area contributed by atoms with Crippen molar-refractivity contribution in [2.24, 2.45) is 4.99 Å². The standard InChI is InChI=1S/C22H22N4O2S/c1-13-9-14-10-15(24-20(14)12-18(13)23)11-16(27)5-4-8-29-22-25-19-7-3-2-6-17(19)21(28)26-22/h2-3,6-7,9,12H,4-5,8,10-11,23H2,1H3,(H,25,26,28). The Morgan fingerprint density at radius 3 is 2.97 bits per heavy atom. The highest BCUT2D eigenvalue weighted by Crippen LogP contribution is 2.31. The van der Waals surface area contributed by atoms with Crippen LogP contribution in [0.3, 0.4) is 0 Å². The summed E-state index contributed by atoms with van der Waals surface area (Å²) in [6.45, 7) is 1.98. The van der Waals surface area contributed by atoms with E-state index in [1.54, 1.807) is 6.07 Å². The van der Waals surface area contributed by atoms with Crippen molar-refractivity contribution in [3.05, 3.63) is 57.9 Å². The number of carbonyl (C=O) groups is 1. The number of hydrogen-bond acceptors (Lipinski definition) is 6. The predicted octanol–water partition coefficient (Wildman–Crippen LogP) is 3.97. The van der Waals surface area contributed by atoms with Crippen molar-refractivity contribution in [2.45, 2.75) is 37.8 Å². The number of thioether (sulfide) groups is 1. The van der Waals surface area contributed by atoms with Gasteiger partial charge in [0.25, 0.3) is 5.56 Å². The average molecular weight is 407 g/mol. The number of carbonyl (C=O) groups excluding carboxylic acids is 1. The summed E-state index contributed by atoms with van der Waals surface area (Å²) in [5.74, 6) is 0.900. The van der Waals surface area contributed by atoms with Gasteiger partial charge in [0.2, 0.25) is 0 Å². The van der Waals surface area contributed by atoms with Crippen LogP contribution in [0.15, 0.2) is 51.3 Å². The molecule has 0 bridgehead atoms. The van der Waals surface area contributed by atoms with Crippen molar-refractivity contribution in [3.8, 4) is 0 Å². The maximum absolute atomic E-state index is 12.3. The fraction of sp³-hybridized carbons (Fsp3) is 0.273. The minimum Gasteiger partial charge on any atom is -0.398 e. The highest BCUT2D eigenvalue weighted by molar-refractivity contribution is 7.99. The van der Waals surface area contributed by atoms with Crippen LogP contribution in [0.4, 0.5) is 11.4 Å². The second-order valence-electron chi connectivity index (χ2n) is 7.25. The molecule has 148 valence electrons. The van der Waals surface area contributed by atoms with E-state index in [1.807, 2.05) is 31.2 Å². The number of hydrogen-bond donors (Lipinski definition) is 2. The Labute approximate surface area is 172 Å². The van der Waals surface area contributed by atoms with E-state index in [0.29, 0.717) is 28.9 Å². The molecule has 4 rings (SSSR count). The number of aliphatic imine (C=N–C) groups is 1. The molecule has 3 N–H and O–H groups in total. The van der Waals surface area contributed by atoms with Crippen LogP contribution in [-0.4, -0.2) is 27.2 Å². The molecule has 1 aliphatic rings. The van der Waals surface area contributed by atoms with Crippen LogP contribution in [-0.2, 0) is 11.2 Å². The number of ketones is 1. The Morgan fingerprint density at radius 1 is 1.28 bits per heavy atom. The number of H-pyrrole nitrogens is 1. The maximum atomic E-state index is 12.3. The third-order valence-electron chi connectivity index (χ3n) is 4.97. The first-order valence-corrected chi connectivity index (χ1v) is 10.6. The van der Waals surface area contributed by atoms with Gasteiger partial charge in [-0.3, -0.25) is 14.6 Å². The van der Waals surface area contributed by atoms with Gasteiger partial charge in [0, 0.05) is 36.4 Å². The number of nitrogens with zero attached hydrogens (tertiary/aromatic N) is 2. The van der Waals surface area contributed by atoms with Crippen LogP contribution in [0, 0.1) is 6.92 Å². The van der Waals surface area contributed by atoms with Gasteiger partial charge in [0.15, 0.2) is 5.16 Å². The minimum atomic E-state index is -0.135. The van der Waals surface area contributed by atoms with Crippen molar-refractivity contribution in [1.82, 2.24) is 9.97 Å². The highest BCUT2D eigenvalue weighted by Gasteiger charge is 2.18. The molecular weight excluding hydrogens is 384 g/mol. The Hall–Kier alpha value is -2.93. The van der Waals surface area contributed by atoms with Gasteiger partial charge >= 0.3 is 0 Å². The molecule has 0 saturated heterocycles. The van der Waals surface area contributed by atoms with Crippen molar-refractivity contribution in [1.29, 1.82) is 0 Å². The number of fused-ring (bicyclic) bond motifs is 2. The zero-order valence-corrected chi connectivity index (χ0v) is 17.0. The zero-order chi connectivity index (χ0) is 20.4. The number of aromatic nitrogens is 2. The lowest BCUT2D eigenvalue weighted by Crippen LogP contribution is -2.10. The van der Waals surface area contributed by atoms with Gasteiger partial charge in [-0.05, 0) is 42.7 Å². The predicted molar refractivity (Wildman–Crippen MR) is 118 cm³/mol. The van der Waals surface area contributed by atoms with E-state index in [-0.39, 0.29) is 11.3 Å². The van der Waals surface area contributed by atoms with E-state index >= 15 is 0 Å². The van der Waals surface area contributed by atoms with Crippen LogP contribution in [0.5, 0.6) is 0 Å². The first-order chi connectivity index (χ1) is 14.0. The van der Waals surface area contributed by atoms with Crippen molar-refractivity contribution >= 4 is 45.5 Å². The molecule has 29 heavy (non-hydrogen) atoms. The lowest BCUT2D eigenvalue weighted by atomic mass is 10.0. The second-order valence-corrected chi connectivity index (χ2v) is 8.33. The number of anilines is 1. The summed E-state index contributed by atoms with van der Waals surface area (Å²) < 4.78 is 0. The summed E-state index contributed by atoms with van der Waals surface area (Å²) in [6, 6.07) is 11.2. The summed E-state index contributed by atoms with van der Waals surface area (Å²) in [5, 5.41) is 1.17. The first-order valence-electron chi connectivity index (χ1n) is 9.58. The van der Waals surface area contributed by atoms with Crippen LogP contribution in [0.2, 0.25) is 0 Å². The number of aromatic amines is 1. The molecule has 0 radical (unpaired) electrons. The molecule has 2 aromatic carbocycles. The number of aryl methyl sites for hydroxylation is 1. The zero-order valence-electron chi connectivity index (χ0n) is 16.2. The largest absolute Gasteiger partial charge is 0.398 e. The SMILES string of the molecule is Cc1cc2c(cc1N)N=C(CC(=O)CCCSc1nc3ccccc3c(=O)[nH]1)C2. The second kappa shape index (κ2) is 8.21. The normalized spacial score (nSPS) is 12.8. The number of nitrogens with one attached hydrogen (secondary N) is 1. The van der Waals surface area contributed by atoms with E-state index in [0.717, 1.165) is 46.8 Å². The Kier molecular flexibility index (Phi) is 5.49. The van der Waals surface area contributed by atoms with Gasteiger partial charge in [0.05, 0.1) is 16.6 Å². The molecule has 0 saturated carbocycles. The molecule has 6 nitrogen and oxygen atoms in total. The summed E-state index contributed by atoms with van der Waals surface area (Å²) >= 11 is 1.46. The Morgan fingerprint density at radius 2 is 2.10 bits per heavy atom. The van der Waals surface area contributed by atoms with Gasteiger partial charge in [-0.2, -0.15) is 0 Å². The van der Waals surface area contributed by atoms with Gasteiger partial charge in [-0.1, -0.05) is 30.0 Å². The summed E-state index contributed by atoms with van der Waals surface area (Å²) in [7, 11) is 0. The minimum absolute atomic E-state index is 0.135. The highest BCUT2D eigenvalue weighted by atomic mass is 32.2. The smallest absolute Gasteiger partial charge is 0.259 e. The average Bonchev–Trinajstić information content (AvgIpc) is 3.06. The van der Waals surface area contributed by atoms with E-state index in [2.05, 4.69) is 21.0 Å². The molecule has 0 aliphatic carbocycles. The molecule has 0 unspecified atom stereocenters. The van der Waals surface area contributed by atoms with Gasteiger partial charge in [0.1, 0.15) is 5.78 Å². The third kappa shape index (κ3) is 4.40. The number of para-hydroxylation sites is 1. The van der Waals surface area contributed by atoms with E-state index < -0.39 is 0 Å². The fourth-order valence-corrected chi connectivity index (χ4v) is 4.25. The molecule has 0 fully saturated rings. The Bertz CT molecular complexity index is 1180. The molecule has 7 heteroatoms. The van der Waals surface area contributed by atoms with Crippen molar-refractivity contribution < 1.29 is 4.79 Å². The lowest BCUT2D eigenvalue weighted by molar-refractivity contribution is -0.117. The van der Waals surface area contributed by atoms with Crippen molar-refractivity contribution in [2.75, 3.05) is 11.5 Å². The van der Waals surface area contributed by atoms with Crippen LogP contribution >= 0.6 is 11.8 Å². The lowest BCUT2D eigenvalue weighted by Gasteiger charge is -2.04. The number of nitrogens with two attached hydrogens (primary N) is 1. The molecular formula is C22H22N4O2S. The molecule has 0 amide bonds. The van der Waals surface area contributed by atoms with Gasteiger partial charge in [-0.25, -0.2) is 4.98 Å². The van der Waals surface area contributed by atoms with Gasteiger partial charge < -0.3 is 10.7 Å². The van der Waals surface area contributed by atoms with Gasteiger partial charge in [-0.15, -0.1) is 0 Å². The molecule has 0 atom stereocenters.